The molecule has 0 radical (unpaired) electrons. The van der Waals surface area contributed by atoms with Crippen molar-refractivity contribution in [3.05, 3.63) is 0 Å². The second-order valence-electron chi connectivity index (χ2n) is 2.34. The van der Waals surface area contributed by atoms with Gasteiger partial charge in [0.05, 0.1) is 0 Å². The Hall–Kier alpha value is 1.37. The Kier molecular flexibility index (Phi) is 20.9. The van der Waals surface area contributed by atoms with Gasteiger partial charge in [-0.25, -0.2) is 9.59 Å². The van der Waals surface area contributed by atoms with Gasteiger partial charge in [0.1, 0.15) is 6.04 Å². The molecule has 1 atom stereocenters. The number of carbonyl (C=O) groups is 3. The van der Waals surface area contributed by atoms with Crippen molar-refractivity contribution in [1.29, 1.82) is 0 Å². The Balaban J connectivity index is -0.000000240. The monoisotopic (exact) mass is 263 g/mol. The standard InChI is InChI=1S/C6H9NO6.3Na.3H/c1-2(4(8)9)7-3(5(10)11)6(12)13;;;;;;/h2-3,7H,1H3,(H,8,9)(H,10,11)(H,12,13);;;;;;/t2-;;;;;;/m0....../s1. The average Bonchev–Trinajstić information content (AvgIpc) is 1.97. The van der Waals surface area contributed by atoms with E-state index in [0.717, 1.165) is 6.92 Å². The van der Waals surface area contributed by atoms with Crippen LogP contribution < -0.4 is 5.32 Å². The van der Waals surface area contributed by atoms with E-state index >= 15 is 0 Å². The molecule has 0 aromatic carbocycles. The zero-order chi connectivity index (χ0) is 10.6. The molecule has 0 saturated heterocycles. The van der Waals surface area contributed by atoms with Gasteiger partial charge in [-0.1, -0.05) is 0 Å². The van der Waals surface area contributed by atoms with Crippen LogP contribution >= 0.6 is 0 Å². The molecule has 80 valence electrons. The van der Waals surface area contributed by atoms with Gasteiger partial charge in [-0.2, -0.15) is 0 Å². The molecule has 0 heterocycles. The summed E-state index contributed by atoms with van der Waals surface area (Å²) in [6.07, 6.45) is 0. The van der Waals surface area contributed by atoms with Gasteiger partial charge in [0.2, 0.25) is 6.04 Å². The zero-order valence-electron chi connectivity index (χ0n) is 6.72. The second-order valence-corrected chi connectivity index (χ2v) is 2.34. The summed E-state index contributed by atoms with van der Waals surface area (Å²) in [4.78, 5) is 30.8. The van der Waals surface area contributed by atoms with Crippen molar-refractivity contribution >= 4 is 107 Å². The Morgan fingerprint density at radius 1 is 0.875 bits per heavy atom. The third-order valence-corrected chi connectivity index (χ3v) is 1.28. The predicted molar refractivity (Wildman–Crippen MR) is 60.7 cm³/mol. The number of carboxylic acid groups (broad SMARTS) is 3. The molecular weight excluding hydrogens is 251 g/mol. The van der Waals surface area contributed by atoms with Gasteiger partial charge in [-0.05, 0) is 6.92 Å². The van der Waals surface area contributed by atoms with E-state index in [0.29, 0.717) is 0 Å². The van der Waals surface area contributed by atoms with Gasteiger partial charge >= 0.3 is 107 Å². The molecule has 0 aliphatic carbocycles. The Bertz CT molecular complexity index is 234. The number of carboxylic acids is 3. The van der Waals surface area contributed by atoms with Gasteiger partial charge in [0.25, 0.3) is 0 Å². The van der Waals surface area contributed by atoms with E-state index < -0.39 is 30.0 Å². The fraction of sp³-hybridized carbons (Fsp3) is 0.500. The topological polar surface area (TPSA) is 124 Å². The summed E-state index contributed by atoms with van der Waals surface area (Å²) in [5.74, 6) is -4.56. The molecule has 0 aliphatic heterocycles. The molecule has 0 rings (SSSR count). The molecule has 0 amide bonds. The first-order valence-corrected chi connectivity index (χ1v) is 3.30. The van der Waals surface area contributed by atoms with Crippen LogP contribution in [0.4, 0.5) is 0 Å². The fourth-order valence-electron chi connectivity index (χ4n) is 0.569. The normalized spacial score (nSPS) is 10.1. The quantitative estimate of drug-likeness (QED) is 0.301. The maximum atomic E-state index is 10.3. The predicted octanol–water partition coefficient (Wildman–Crippen LogP) is -3.36. The van der Waals surface area contributed by atoms with Crippen LogP contribution in [0.3, 0.4) is 0 Å². The first kappa shape index (κ1) is 26.0. The molecule has 0 aromatic rings. The minimum atomic E-state index is -1.90. The summed E-state index contributed by atoms with van der Waals surface area (Å²) in [5, 5.41) is 26.9. The molecule has 4 N–H and O–H groups in total. The van der Waals surface area contributed by atoms with Crippen molar-refractivity contribution in [2.45, 2.75) is 19.0 Å². The van der Waals surface area contributed by atoms with Crippen molar-refractivity contribution < 1.29 is 29.7 Å². The fourth-order valence-corrected chi connectivity index (χ4v) is 0.569. The second kappa shape index (κ2) is 12.8. The molecular formula is C6H12NNa3O6. The van der Waals surface area contributed by atoms with E-state index in [2.05, 4.69) is 0 Å². The van der Waals surface area contributed by atoms with E-state index in [-0.39, 0.29) is 88.7 Å². The van der Waals surface area contributed by atoms with Crippen molar-refractivity contribution in [2.75, 3.05) is 0 Å². The van der Waals surface area contributed by atoms with Crippen molar-refractivity contribution in [1.82, 2.24) is 5.32 Å². The van der Waals surface area contributed by atoms with Gasteiger partial charge in [-0.15, -0.1) is 0 Å². The molecule has 16 heavy (non-hydrogen) atoms. The third kappa shape index (κ3) is 10.5. The third-order valence-electron chi connectivity index (χ3n) is 1.28. The summed E-state index contributed by atoms with van der Waals surface area (Å²) in [5.41, 5.74) is 0. The maximum absolute atomic E-state index is 10.3. The molecule has 0 saturated carbocycles. The van der Waals surface area contributed by atoms with E-state index in [4.69, 9.17) is 15.3 Å². The average molecular weight is 263 g/mol. The number of rotatable bonds is 5. The van der Waals surface area contributed by atoms with Gasteiger partial charge in [-0.3, -0.25) is 10.1 Å². The van der Waals surface area contributed by atoms with Crippen LogP contribution in [0.15, 0.2) is 0 Å². The molecule has 0 fully saturated rings. The van der Waals surface area contributed by atoms with Crippen molar-refractivity contribution in [2.24, 2.45) is 0 Å². The SMILES string of the molecule is C[C@H](NC(C(=O)O)C(=O)O)C(=O)O.[NaH].[NaH].[NaH]. The van der Waals surface area contributed by atoms with Crippen LogP contribution in [0.25, 0.3) is 0 Å². The summed E-state index contributed by atoms with van der Waals surface area (Å²) in [7, 11) is 0. The van der Waals surface area contributed by atoms with Crippen LogP contribution in [0.2, 0.25) is 0 Å². The summed E-state index contributed by atoms with van der Waals surface area (Å²) < 4.78 is 0. The van der Waals surface area contributed by atoms with Gasteiger partial charge in [0, 0.05) is 0 Å². The number of hydrogen-bond acceptors (Lipinski definition) is 4. The summed E-state index contributed by atoms with van der Waals surface area (Å²) in [6.45, 7) is 1.15. The van der Waals surface area contributed by atoms with Crippen molar-refractivity contribution in [3.8, 4) is 0 Å². The number of hydrogen-bond donors (Lipinski definition) is 4. The van der Waals surface area contributed by atoms with Crippen LogP contribution in [0, 0.1) is 0 Å². The molecule has 7 nitrogen and oxygen atoms in total. The van der Waals surface area contributed by atoms with E-state index in [1.54, 1.807) is 0 Å². The number of nitrogens with one attached hydrogen (secondary N) is 1. The van der Waals surface area contributed by atoms with Crippen LogP contribution in [-0.2, 0) is 14.4 Å². The first-order chi connectivity index (χ1) is 5.86. The molecule has 0 bridgehead atoms. The first-order valence-electron chi connectivity index (χ1n) is 3.30. The minimum absolute atomic E-state index is 0. The summed E-state index contributed by atoms with van der Waals surface area (Å²) in [6, 6.07) is -3.12. The number of aliphatic carboxylic acids is 3. The Morgan fingerprint density at radius 3 is 1.38 bits per heavy atom. The van der Waals surface area contributed by atoms with Crippen LogP contribution in [0.1, 0.15) is 6.92 Å². The van der Waals surface area contributed by atoms with E-state index in [9.17, 15) is 14.4 Å². The van der Waals surface area contributed by atoms with Crippen LogP contribution in [-0.4, -0.2) is 134 Å². The van der Waals surface area contributed by atoms with Gasteiger partial charge in [0.15, 0.2) is 0 Å². The van der Waals surface area contributed by atoms with Crippen molar-refractivity contribution in [3.63, 3.8) is 0 Å². The zero-order valence-corrected chi connectivity index (χ0v) is 6.72. The molecule has 0 unspecified atom stereocenters. The molecule has 10 heteroatoms. The molecule has 0 aromatic heterocycles. The van der Waals surface area contributed by atoms with E-state index in [1.165, 1.54) is 0 Å². The molecule has 0 spiro atoms. The van der Waals surface area contributed by atoms with Crippen LogP contribution in [0.5, 0.6) is 0 Å². The van der Waals surface area contributed by atoms with Gasteiger partial charge < -0.3 is 15.3 Å². The molecule has 0 aliphatic rings. The summed E-state index contributed by atoms with van der Waals surface area (Å²) >= 11 is 0. The Labute approximate surface area is 158 Å². The Morgan fingerprint density at radius 2 is 1.19 bits per heavy atom. The van der Waals surface area contributed by atoms with E-state index in [1.807, 2.05) is 5.32 Å².